The van der Waals surface area contributed by atoms with E-state index in [1.165, 1.54) is 12.8 Å². The molecule has 12 nitrogen and oxygen atoms in total. The Kier molecular flexibility index (Phi) is 138. The zero-order chi connectivity index (χ0) is 47.9. The summed E-state index contributed by atoms with van der Waals surface area (Å²) in [6.07, 6.45) is 2.98. The van der Waals surface area contributed by atoms with Crippen molar-refractivity contribution in [3.63, 3.8) is 0 Å². The van der Waals surface area contributed by atoms with Crippen molar-refractivity contribution in [1.29, 1.82) is 0 Å². The molecule has 0 saturated heterocycles. The quantitative estimate of drug-likeness (QED) is 0.107. The highest BCUT2D eigenvalue weighted by atomic mass is 16.6. The van der Waals surface area contributed by atoms with Crippen molar-refractivity contribution < 1.29 is 53.0 Å². The number of aliphatic hydroxyl groups is 2. The third-order valence-corrected chi connectivity index (χ3v) is 3.21. The molecule has 57 heavy (non-hydrogen) atoms. The second kappa shape index (κ2) is 94.9. The van der Waals surface area contributed by atoms with Gasteiger partial charge in [0.1, 0.15) is 11.9 Å². The van der Waals surface area contributed by atoms with Crippen LogP contribution in [0.3, 0.4) is 0 Å². The summed E-state index contributed by atoms with van der Waals surface area (Å²) in [6, 6.07) is 0. The van der Waals surface area contributed by atoms with Crippen LogP contribution in [-0.2, 0) is 38.0 Å². The van der Waals surface area contributed by atoms with Crippen molar-refractivity contribution in [2.75, 3.05) is 87.8 Å². The maximum atomic E-state index is 10.7. The van der Waals surface area contributed by atoms with E-state index in [0.29, 0.717) is 52.6 Å². The van der Waals surface area contributed by atoms with Crippen LogP contribution in [0.2, 0.25) is 0 Å². The minimum absolute atomic E-state index is 0.0717. The first-order chi connectivity index (χ1) is 26.5. The zero-order valence-electron chi connectivity index (χ0n) is 42.7. The molecule has 12 heteroatoms. The lowest BCUT2D eigenvalue weighted by atomic mass is 10.3. The van der Waals surface area contributed by atoms with Crippen LogP contribution in [0.5, 0.6) is 0 Å². The fraction of sp³-hybridized carbons (Fsp3) is 0.911. The molecular weight excluding hydrogens is 730 g/mol. The Morgan fingerprint density at radius 1 is 0.596 bits per heavy atom. The number of nitrogens with one attached hydrogen (secondary N) is 1. The lowest BCUT2D eigenvalue weighted by Crippen LogP contribution is -2.29. The number of carbonyl (C=O) groups excluding carboxylic acids is 2. The molecule has 0 bridgehead atoms. The lowest BCUT2D eigenvalue weighted by molar-refractivity contribution is -0.116. The molecule has 0 aliphatic heterocycles. The highest BCUT2D eigenvalue weighted by Crippen LogP contribution is 1.87. The van der Waals surface area contributed by atoms with Gasteiger partial charge in [0, 0.05) is 61.2 Å². The second-order valence-corrected chi connectivity index (χ2v) is 13.8. The van der Waals surface area contributed by atoms with E-state index in [1.807, 2.05) is 27.7 Å². The third-order valence-electron chi connectivity index (χ3n) is 3.21. The summed E-state index contributed by atoms with van der Waals surface area (Å²) >= 11 is 0. The first-order valence-electron chi connectivity index (χ1n) is 21.0. The number of hydrogen-bond donors (Lipinski definition) is 3. The first kappa shape index (κ1) is 83.0. The van der Waals surface area contributed by atoms with Gasteiger partial charge in [-0.25, -0.2) is 4.79 Å². The molecule has 0 aromatic heterocycles. The highest BCUT2D eigenvalue weighted by molar-refractivity contribution is 5.74. The molecule has 0 aliphatic carbocycles. The standard InChI is InChI=1S/C7H15NO3.C6H14O3.C5H12O2.C4H8O.3C4H10.C3H8O.2C3H8.C2H4O/c1-6(2)11-7(9)8-4-5-10-3;1-3-9-5-6(7)4-8-2;1-3-7-5-4-6-2;1-3-4(2)5;3*1-4(2)3;1-3-4-2;2*1-3-2;1-2-3/h6H,4-5H2,1-3H3,(H,8,9);6-7H,3-5H2,1-2H3;3-5H2,1-2H3;3H2,1-2H3;3*4H,1-3H3;3H2,1-2H3;2*3H2,1-2H3;2-3H,1H2. The minimum atomic E-state index is -0.477. The number of ketones is 1. The van der Waals surface area contributed by atoms with E-state index in [2.05, 4.69) is 111 Å². The monoisotopic (exact) mass is 838 g/mol. The van der Waals surface area contributed by atoms with Crippen LogP contribution in [0.4, 0.5) is 4.79 Å². The molecule has 0 spiro atoms. The van der Waals surface area contributed by atoms with Gasteiger partial charge in [-0.2, -0.15) is 0 Å². The normalized spacial score (nSPS) is 9.14. The number of methoxy groups -OCH3 is 4. The Labute approximate surface area is 357 Å². The second-order valence-electron chi connectivity index (χ2n) is 13.8. The van der Waals surface area contributed by atoms with Gasteiger partial charge in [-0.1, -0.05) is 116 Å². The number of hydrogen-bond acceptors (Lipinski definition) is 11. The molecule has 0 aromatic carbocycles. The van der Waals surface area contributed by atoms with Crippen molar-refractivity contribution in [2.45, 2.75) is 170 Å². The predicted octanol–water partition coefficient (Wildman–Crippen LogP) is 11.6. The fourth-order valence-electron chi connectivity index (χ4n) is 1.29. The van der Waals surface area contributed by atoms with Gasteiger partial charge in [0.05, 0.1) is 45.4 Å². The number of amides is 1. The number of ether oxygens (including phenoxy) is 7. The van der Waals surface area contributed by atoms with E-state index < -0.39 is 12.2 Å². The molecular formula is C45H107NO11. The Morgan fingerprint density at radius 3 is 1.12 bits per heavy atom. The molecule has 0 aromatic rings. The smallest absolute Gasteiger partial charge is 0.407 e. The minimum Gasteiger partial charge on any atom is -0.516 e. The van der Waals surface area contributed by atoms with E-state index in [4.69, 9.17) is 33.9 Å². The molecule has 0 aliphatic rings. The average molecular weight is 838 g/mol. The number of rotatable bonds is 15. The van der Waals surface area contributed by atoms with Crippen molar-refractivity contribution in [3.8, 4) is 0 Å². The molecule has 358 valence electrons. The van der Waals surface area contributed by atoms with Crippen LogP contribution >= 0.6 is 0 Å². The van der Waals surface area contributed by atoms with Crippen LogP contribution in [0.15, 0.2) is 12.8 Å². The molecule has 0 fully saturated rings. The SMILES string of the molecule is C=CO.CC(C)C.CC(C)C.CC(C)C.CCC.CCC.CCC(C)=O.CCOC.CCOCC(O)COC.CCOCCOC.COCCNC(=O)OC(C)C. The number of carbonyl (C=O) groups is 2. The topological polar surface area (TPSA) is 151 Å². The van der Waals surface area contributed by atoms with Crippen LogP contribution < -0.4 is 5.32 Å². The van der Waals surface area contributed by atoms with E-state index in [1.54, 1.807) is 49.2 Å². The highest BCUT2D eigenvalue weighted by Gasteiger charge is 2.02. The summed E-state index contributed by atoms with van der Waals surface area (Å²) in [5.41, 5.74) is 0. The lowest BCUT2D eigenvalue weighted by Gasteiger charge is -2.08. The number of Topliss-reactive ketones (excluding diaryl/α,β-unsaturated/α-hetero) is 1. The van der Waals surface area contributed by atoms with E-state index in [-0.39, 0.29) is 11.9 Å². The Bertz CT molecular complexity index is 563. The summed E-state index contributed by atoms with van der Waals surface area (Å²) in [4.78, 5) is 20.6. The van der Waals surface area contributed by atoms with Crippen LogP contribution in [0.1, 0.15) is 158 Å². The zero-order valence-corrected chi connectivity index (χ0v) is 42.7. The van der Waals surface area contributed by atoms with Gasteiger partial charge in [-0.05, 0) is 59.3 Å². The first-order valence-corrected chi connectivity index (χ1v) is 21.0. The van der Waals surface area contributed by atoms with Crippen LogP contribution in [-0.4, -0.2) is 122 Å². The van der Waals surface area contributed by atoms with E-state index in [0.717, 1.165) is 37.2 Å². The molecule has 3 N–H and O–H groups in total. The molecule has 1 amide bonds. The largest absolute Gasteiger partial charge is 0.516 e. The molecule has 0 saturated carbocycles. The van der Waals surface area contributed by atoms with Gasteiger partial charge >= 0.3 is 6.09 Å². The summed E-state index contributed by atoms with van der Waals surface area (Å²) in [7, 11) is 6.48. The Balaban J connectivity index is -0.0000000469. The molecule has 1 atom stereocenters. The van der Waals surface area contributed by atoms with Gasteiger partial charge in [-0.15, -0.1) is 0 Å². The molecule has 0 radical (unpaired) electrons. The summed E-state index contributed by atoms with van der Waals surface area (Å²) < 4.78 is 33.3. The van der Waals surface area contributed by atoms with E-state index >= 15 is 0 Å². The third kappa shape index (κ3) is 329. The van der Waals surface area contributed by atoms with E-state index in [9.17, 15) is 9.59 Å². The maximum Gasteiger partial charge on any atom is 0.407 e. The van der Waals surface area contributed by atoms with Gasteiger partial charge in [0.15, 0.2) is 0 Å². The molecule has 0 heterocycles. The van der Waals surface area contributed by atoms with Crippen molar-refractivity contribution in [2.24, 2.45) is 17.8 Å². The maximum absolute atomic E-state index is 10.7. The predicted molar refractivity (Wildman–Crippen MR) is 249 cm³/mol. The van der Waals surface area contributed by atoms with Crippen LogP contribution in [0, 0.1) is 17.8 Å². The van der Waals surface area contributed by atoms with Crippen molar-refractivity contribution in [3.05, 3.63) is 12.8 Å². The van der Waals surface area contributed by atoms with Crippen molar-refractivity contribution in [1.82, 2.24) is 5.32 Å². The Morgan fingerprint density at radius 2 is 0.912 bits per heavy atom. The van der Waals surface area contributed by atoms with Gasteiger partial charge in [-0.3, -0.25) is 0 Å². The number of aliphatic hydroxyl groups excluding tert-OH is 2. The van der Waals surface area contributed by atoms with Crippen molar-refractivity contribution >= 4 is 11.9 Å². The van der Waals surface area contributed by atoms with Crippen LogP contribution in [0.25, 0.3) is 0 Å². The number of alkyl carbamates (subject to hydrolysis) is 1. The fourth-order valence-corrected chi connectivity index (χ4v) is 1.29. The van der Waals surface area contributed by atoms with Gasteiger partial charge < -0.3 is 53.5 Å². The Hall–Kier alpha value is -1.80. The summed E-state index contributed by atoms with van der Waals surface area (Å²) in [5.74, 6) is 2.75. The van der Waals surface area contributed by atoms with Gasteiger partial charge in [0.2, 0.25) is 0 Å². The molecule has 0 rings (SSSR count). The van der Waals surface area contributed by atoms with Gasteiger partial charge in [0.25, 0.3) is 0 Å². The summed E-state index contributed by atoms with van der Waals surface area (Å²) in [5, 5.41) is 18.8. The molecule has 1 unspecified atom stereocenters. The average Bonchev–Trinajstić information content (AvgIpc) is 3.09. The summed E-state index contributed by atoms with van der Waals surface area (Å²) in [6.45, 7) is 49.1.